The number of rotatable bonds is 8. The van der Waals surface area contributed by atoms with Gasteiger partial charge in [-0.2, -0.15) is 0 Å². The highest BCUT2D eigenvalue weighted by molar-refractivity contribution is 5.91. The Balaban J connectivity index is 1.74. The highest BCUT2D eigenvalue weighted by Gasteiger charge is 2.13. The second kappa shape index (κ2) is 11.3. The second-order valence-electron chi connectivity index (χ2n) is 6.80. The summed E-state index contributed by atoms with van der Waals surface area (Å²) in [5.74, 6) is 5.85. The minimum atomic E-state index is -0.339. The van der Waals surface area contributed by atoms with Crippen molar-refractivity contribution in [3.05, 3.63) is 102 Å². The van der Waals surface area contributed by atoms with E-state index < -0.39 is 0 Å². The topological polar surface area (TPSA) is 42.4 Å². The molecule has 0 unspecified atom stereocenters. The highest BCUT2D eigenvalue weighted by Crippen LogP contribution is 2.16. The van der Waals surface area contributed by atoms with Gasteiger partial charge in [0.2, 0.25) is 5.91 Å². The van der Waals surface area contributed by atoms with Crippen molar-refractivity contribution in [2.45, 2.75) is 20.0 Å². The molecule has 2 aromatic carbocycles. The molecule has 0 N–H and O–H groups in total. The van der Waals surface area contributed by atoms with Crippen LogP contribution in [-0.2, 0) is 17.9 Å². The Morgan fingerprint density at radius 2 is 1.90 bits per heavy atom. The Hall–Kier alpha value is -3.91. The molecule has 31 heavy (non-hydrogen) atoms. The lowest BCUT2D eigenvalue weighted by Gasteiger charge is -2.21. The molecule has 1 heterocycles. The van der Waals surface area contributed by atoms with Gasteiger partial charge >= 0.3 is 0 Å². The van der Waals surface area contributed by atoms with Crippen molar-refractivity contribution in [2.75, 3.05) is 6.61 Å². The van der Waals surface area contributed by atoms with Crippen molar-refractivity contribution >= 4 is 12.0 Å². The molecule has 5 heteroatoms. The summed E-state index contributed by atoms with van der Waals surface area (Å²) in [6, 6.07) is 17.5. The number of carbonyl (C=O) groups excluding carboxylic acids is 1. The molecule has 3 aromatic rings. The van der Waals surface area contributed by atoms with Gasteiger partial charge < -0.3 is 9.64 Å². The molecule has 0 radical (unpaired) electrons. The Morgan fingerprint density at radius 1 is 1.10 bits per heavy atom. The van der Waals surface area contributed by atoms with Crippen molar-refractivity contribution in [2.24, 2.45) is 0 Å². The molecule has 1 amide bonds. The van der Waals surface area contributed by atoms with E-state index in [4.69, 9.17) is 4.74 Å². The first-order valence-corrected chi connectivity index (χ1v) is 9.87. The lowest BCUT2D eigenvalue weighted by Crippen LogP contribution is -2.28. The van der Waals surface area contributed by atoms with E-state index in [1.807, 2.05) is 36.4 Å². The predicted molar refractivity (Wildman–Crippen MR) is 119 cm³/mol. The van der Waals surface area contributed by atoms with E-state index in [9.17, 15) is 9.18 Å². The minimum Gasteiger partial charge on any atom is -0.481 e. The van der Waals surface area contributed by atoms with Crippen LogP contribution in [0.25, 0.3) is 6.08 Å². The van der Waals surface area contributed by atoms with Crippen LogP contribution in [0, 0.1) is 17.7 Å². The summed E-state index contributed by atoms with van der Waals surface area (Å²) in [6.45, 7) is 2.93. The van der Waals surface area contributed by atoms with E-state index in [0.29, 0.717) is 25.3 Å². The first-order chi connectivity index (χ1) is 15.1. The summed E-state index contributed by atoms with van der Waals surface area (Å²) >= 11 is 0. The van der Waals surface area contributed by atoms with E-state index in [0.717, 1.165) is 16.9 Å². The van der Waals surface area contributed by atoms with E-state index in [2.05, 4.69) is 16.8 Å². The number of pyridine rings is 1. The molecule has 156 valence electrons. The number of carbonyl (C=O) groups is 1. The van der Waals surface area contributed by atoms with Gasteiger partial charge in [0.1, 0.15) is 18.2 Å². The average Bonchev–Trinajstić information content (AvgIpc) is 2.79. The fourth-order valence-electron chi connectivity index (χ4n) is 2.91. The molecule has 0 aliphatic rings. The van der Waals surface area contributed by atoms with E-state index in [1.54, 1.807) is 42.4 Å². The fourth-order valence-corrected chi connectivity index (χ4v) is 2.91. The summed E-state index contributed by atoms with van der Waals surface area (Å²) < 4.78 is 18.9. The quantitative estimate of drug-likeness (QED) is 0.390. The first kappa shape index (κ1) is 21.8. The number of benzene rings is 2. The molecule has 0 saturated heterocycles. The molecular formula is C26H23FN2O2. The molecular weight excluding hydrogens is 391 g/mol. The zero-order valence-corrected chi connectivity index (χ0v) is 17.3. The number of hydrogen-bond donors (Lipinski definition) is 0. The number of aromatic nitrogens is 1. The third-order valence-electron chi connectivity index (χ3n) is 4.46. The lowest BCUT2D eigenvalue weighted by molar-refractivity contribution is -0.127. The predicted octanol–water partition coefficient (Wildman–Crippen LogP) is 4.87. The molecule has 0 fully saturated rings. The molecule has 0 aliphatic heterocycles. The Morgan fingerprint density at radius 3 is 2.61 bits per heavy atom. The number of amides is 1. The monoisotopic (exact) mass is 414 g/mol. The van der Waals surface area contributed by atoms with Crippen LogP contribution in [0.2, 0.25) is 0 Å². The normalized spacial score (nSPS) is 10.4. The van der Waals surface area contributed by atoms with E-state index in [-0.39, 0.29) is 11.7 Å². The first-order valence-electron chi connectivity index (χ1n) is 9.87. The van der Waals surface area contributed by atoms with Crippen LogP contribution in [0.1, 0.15) is 23.6 Å². The number of nitrogens with zero attached hydrogens (tertiary/aromatic N) is 2. The van der Waals surface area contributed by atoms with Crippen molar-refractivity contribution in [3.8, 4) is 17.6 Å². The van der Waals surface area contributed by atoms with Gasteiger partial charge in [-0.3, -0.25) is 9.78 Å². The van der Waals surface area contributed by atoms with Crippen LogP contribution in [0.15, 0.2) is 79.1 Å². The smallest absolute Gasteiger partial charge is 0.247 e. The zero-order chi connectivity index (χ0) is 21.9. The second-order valence-corrected chi connectivity index (χ2v) is 6.80. The zero-order valence-electron chi connectivity index (χ0n) is 17.3. The van der Waals surface area contributed by atoms with Gasteiger partial charge in [0.15, 0.2) is 0 Å². The Bertz CT molecular complexity index is 1080. The summed E-state index contributed by atoms with van der Waals surface area (Å²) in [5, 5.41) is 0. The number of hydrogen-bond acceptors (Lipinski definition) is 3. The van der Waals surface area contributed by atoms with Gasteiger partial charge in [0.25, 0.3) is 0 Å². The van der Waals surface area contributed by atoms with Crippen molar-refractivity contribution < 1.29 is 13.9 Å². The summed E-state index contributed by atoms with van der Waals surface area (Å²) in [4.78, 5) is 18.8. The Kier molecular flexibility index (Phi) is 7.96. The van der Waals surface area contributed by atoms with E-state index in [1.165, 1.54) is 18.2 Å². The van der Waals surface area contributed by atoms with Gasteiger partial charge in [-0.15, -0.1) is 5.92 Å². The van der Waals surface area contributed by atoms with Gasteiger partial charge in [-0.05, 0) is 60.0 Å². The van der Waals surface area contributed by atoms with Gasteiger partial charge in [-0.25, -0.2) is 4.39 Å². The standard InChI is InChI=1S/C26H23FN2O2/c1-2-3-16-31-25-12-9-22(10-13-25)19-29(20-23-7-5-15-28-18-23)26(30)14-11-21-6-4-8-24(27)17-21/h4-15,17-18H,16,19-20H2,1H3/b14-11+. The third-order valence-corrected chi connectivity index (χ3v) is 4.46. The fraction of sp³-hybridized carbons (Fsp3) is 0.154. The Labute approximate surface area is 182 Å². The molecule has 0 aliphatic carbocycles. The maximum atomic E-state index is 13.4. The van der Waals surface area contributed by atoms with Crippen LogP contribution in [0.4, 0.5) is 4.39 Å². The van der Waals surface area contributed by atoms with Crippen LogP contribution >= 0.6 is 0 Å². The molecule has 3 rings (SSSR count). The molecule has 0 bridgehead atoms. The minimum absolute atomic E-state index is 0.174. The van der Waals surface area contributed by atoms with Crippen LogP contribution < -0.4 is 4.74 Å². The van der Waals surface area contributed by atoms with Crippen LogP contribution in [0.5, 0.6) is 5.75 Å². The maximum Gasteiger partial charge on any atom is 0.247 e. The summed E-state index contributed by atoms with van der Waals surface area (Å²) in [7, 11) is 0. The third kappa shape index (κ3) is 7.13. The van der Waals surface area contributed by atoms with Crippen molar-refractivity contribution in [3.63, 3.8) is 0 Å². The molecule has 0 atom stereocenters. The summed E-state index contributed by atoms with van der Waals surface area (Å²) in [5.41, 5.74) is 2.52. The average molecular weight is 414 g/mol. The van der Waals surface area contributed by atoms with E-state index >= 15 is 0 Å². The number of halogens is 1. The van der Waals surface area contributed by atoms with Crippen molar-refractivity contribution in [1.82, 2.24) is 9.88 Å². The molecule has 1 aromatic heterocycles. The highest BCUT2D eigenvalue weighted by atomic mass is 19.1. The van der Waals surface area contributed by atoms with Crippen molar-refractivity contribution in [1.29, 1.82) is 0 Å². The lowest BCUT2D eigenvalue weighted by atomic mass is 10.1. The maximum absolute atomic E-state index is 13.4. The summed E-state index contributed by atoms with van der Waals surface area (Å²) in [6.07, 6.45) is 6.52. The SMILES string of the molecule is CC#CCOc1ccc(CN(Cc2cccnc2)C(=O)/C=C/c2cccc(F)c2)cc1. The van der Waals surface area contributed by atoms with Gasteiger partial charge in [0.05, 0.1) is 0 Å². The van der Waals surface area contributed by atoms with Gasteiger partial charge in [0, 0.05) is 31.6 Å². The van der Waals surface area contributed by atoms with Crippen LogP contribution in [0.3, 0.4) is 0 Å². The van der Waals surface area contributed by atoms with Gasteiger partial charge in [-0.1, -0.05) is 36.3 Å². The largest absolute Gasteiger partial charge is 0.481 e. The molecule has 0 saturated carbocycles. The molecule has 0 spiro atoms. The van der Waals surface area contributed by atoms with Crippen LogP contribution in [-0.4, -0.2) is 22.4 Å². The molecule has 4 nitrogen and oxygen atoms in total. The number of ether oxygens (including phenoxy) is 1.